The summed E-state index contributed by atoms with van der Waals surface area (Å²) in [6.45, 7) is 1.45. The van der Waals surface area contributed by atoms with Crippen LogP contribution in [0.25, 0.3) is 10.8 Å². The summed E-state index contributed by atoms with van der Waals surface area (Å²) in [4.78, 5) is 22.4. The van der Waals surface area contributed by atoms with Gasteiger partial charge in [0.05, 0.1) is 12.8 Å². The number of methoxy groups -OCH3 is 1. The number of fused-ring (bicyclic) bond motifs is 1. The molecule has 0 saturated heterocycles. The molecule has 98 valence electrons. The summed E-state index contributed by atoms with van der Waals surface area (Å²) in [5.74, 6) is -0.140. The van der Waals surface area contributed by atoms with Gasteiger partial charge in [-0.15, -0.1) is 0 Å². The van der Waals surface area contributed by atoms with Gasteiger partial charge in [-0.1, -0.05) is 24.3 Å². The standard InChI is InChI=1S/C14H14N2O3/c1-9(17)15-12-7-3-6-11-10(12)5-4-8-13(11)16-14(18)19-2/h3-8H,1-2H3,(H,15,17)(H,16,18). The zero-order valence-corrected chi connectivity index (χ0v) is 10.7. The molecule has 5 nitrogen and oxygen atoms in total. The molecule has 2 aromatic carbocycles. The fraction of sp³-hybridized carbons (Fsp3) is 0.143. The molecule has 0 aliphatic carbocycles. The molecule has 0 fully saturated rings. The topological polar surface area (TPSA) is 67.4 Å². The van der Waals surface area contributed by atoms with Crippen LogP contribution in [0.1, 0.15) is 6.92 Å². The maximum atomic E-state index is 11.3. The Kier molecular flexibility index (Phi) is 3.66. The van der Waals surface area contributed by atoms with E-state index in [4.69, 9.17) is 0 Å². The first kappa shape index (κ1) is 12.9. The van der Waals surface area contributed by atoms with Gasteiger partial charge < -0.3 is 10.1 Å². The Balaban J connectivity index is 2.50. The van der Waals surface area contributed by atoms with Gasteiger partial charge in [0.15, 0.2) is 0 Å². The van der Waals surface area contributed by atoms with E-state index in [1.165, 1.54) is 14.0 Å². The van der Waals surface area contributed by atoms with E-state index in [0.717, 1.165) is 10.8 Å². The number of ether oxygens (including phenoxy) is 1. The maximum absolute atomic E-state index is 11.3. The highest BCUT2D eigenvalue weighted by atomic mass is 16.5. The first-order valence-corrected chi connectivity index (χ1v) is 5.76. The highest BCUT2D eigenvalue weighted by Gasteiger charge is 2.08. The van der Waals surface area contributed by atoms with E-state index in [2.05, 4.69) is 15.4 Å². The second-order valence-corrected chi connectivity index (χ2v) is 4.00. The van der Waals surface area contributed by atoms with Gasteiger partial charge in [0.2, 0.25) is 5.91 Å². The van der Waals surface area contributed by atoms with E-state index < -0.39 is 6.09 Å². The minimum absolute atomic E-state index is 0.140. The van der Waals surface area contributed by atoms with Gasteiger partial charge in [0.1, 0.15) is 0 Å². The minimum atomic E-state index is -0.530. The summed E-state index contributed by atoms with van der Waals surface area (Å²) in [6, 6.07) is 11.0. The van der Waals surface area contributed by atoms with Crippen LogP contribution in [-0.4, -0.2) is 19.1 Å². The monoisotopic (exact) mass is 258 g/mol. The van der Waals surface area contributed by atoms with Crippen molar-refractivity contribution in [1.82, 2.24) is 0 Å². The van der Waals surface area contributed by atoms with Crippen molar-refractivity contribution >= 4 is 34.1 Å². The predicted octanol–water partition coefficient (Wildman–Crippen LogP) is 2.98. The number of nitrogens with one attached hydrogen (secondary N) is 2. The van der Waals surface area contributed by atoms with Crippen molar-refractivity contribution < 1.29 is 14.3 Å². The summed E-state index contributed by atoms with van der Waals surface area (Å²) in [7, 11) is 1.31. The quantitative estimate of drug-likeness (QED) is 0.870. The second-order valence-electron chi connectivity index (χ2n) is 4.00. The molecule has 0 radical (unpaired) electrons. The summed E-state index contributed by atoms with van der Waals surface area (Å²) < 4.78 is 4.58. The van der Waals surface area contributed by atoms with Crippen molar-refractivity contribution in [2.24, 2.45) is 0 Å². The molecule has 0 aromatic heterocycles. The molecule has 0 unspecified atom stereocenters. The first-order chi connectivity index (χ1) is 9.11. The molecule has 0 heterocycles. The van der Waals surface area contributed by atoms with E-state index in [9.17, 15) is 9.59 Å². The van der Waals surface area contributed by atoms with Gasteiger partial charge in [-0.25, -0.2) is 4.79 Å². The normalized spacial score (nSPS) is 10.0. The maximum Gasteiger partial charge on any atom is 0.411 e. The molecule has 19 heavy (non-hydrogen) atoms. The number of anilines is 2. The lowest BCUT2D eigenvalue weighted by molar-refractivity contribution is -0.114. The third-order valence-electron chi connectivity index (χ3n) is 2.65. The molecule has 0 atom stereocenters. The number of amides is 2. The van der Waals surface area contributed by atoms with E-state index in [-0.39, 0.29) is 5.91 Å². The Bertz CT molecular complexity index is 638. The predicted molar refractivity (Wildman–Crippen MR) is 74.3 cm³/mol. The van der Waals surface area contributed by atoms with Crippen molar-refractivity contribution in [3.8, 4) is 0 Å². The third-order valence-corrected chi connectivity index (χ3v) is 2.65. The number of carbonyl (C=O) groups excluding carboxylic acids is 2. The van der Waals surface area contributed by atoms with E-state index >= 15 is 0 Å². The smallest absolute Gasteiger partial charge is 0.411 e. The minimum Gasteiger partial charge on any atom is -0.453 e. The molecule has 2 amide bonds. The van der Waals surface area contributed by atoms with Crippen molar-refractivity contribution in [3.05, 3.63) is 36.4 Å². The molecule has 0 saturated carbocycles. The van der Waals surface area contributed by atoms with Crippen LogP contribution in [0.15, 0.2) is 36.4 Å². The van der Waals surface area contributed by atoms with Crippen LogP contribution in [0.5, 0.6) is 0 Å². The van der Waals surface area contributed by atoms with Gasteiger partial charge >= 0.3 is 6.09 Å². The van der Waals surface area contributed by atoms with Crippen LogP contribution in [0.4, 0.5) is 16.2 Å². The van der Waals surface area contributed by atoms with E-state index in [0.29, 0.717) is 11.4 Å². The molecular formula is C14H14N2O3. The molecule has 5 heteroatoms. The second kappa shape index (κ2) is 5.39. The molecule has 0 bridgehead atoms. The molecule has 2 N–H and O–H groups in total. The van der Waals surface area contributed by atoms with Gasteiger partial charge in [-0.05, 0) is 12.1 Å². The van der Waals surface area contributed by atoms with Crippen molar-refractivity contribution in [2.45, 2.75) is 6.92 Å². The van der Waals surface area contributed by atoms with E-state index in [1.54, 1.807) is 12.1 Å². The lowest BCUT2D eigenvalue weighted by Crippen LogP contribution is -2.11. The van der Waals surface area contributed by atoms with Gasteiger partial charge in [0.25, 0.3) is 0 Å². The summed E-state index contributed by atoms with van der Waals surface area (Å²) >= 11 is 0. The number of rotatable bonds is 2. The van der Waals surface area contributed by atoms with E-state index in [1.807, 2.05) is 24.3 Å². The van der Waals surface area contributed by atoms with Gasteiger partial charge in [-0.2, -0.15) is 0 Å². The average molecular weight is 258 g/mol. The van der Waals surface area contributed by atoms with Crippen LogP contribution in [-0.2, 0) is 9.53 Å². The zero-order valence-electron chi connectivity index (χ0n) is 10.7. The van der Waals surface area contributed by atoms with Crippen LogP contribution < -0.4 is 10.6 Å². The largest absolute Gasteiger partial charge is 0.453 e. The summed E-state index contributed by atoms with van der Waals surface area (Å²) in [6.07, 6.45) is -0.530. The van der Waals surface area contributed by atoms with Crippen LogP contribution in [0, 0.1) is 0 Å². The van der Waals surface area contributed by atoms with Crippen LogP contribution >= 0.6 is 0 Å². The van der Waals surface area contributed by atoms with Crippen molar-refractivity contribution in [2.75, 3.05) is 17.7 Å². The van der Waals surface area contributed by atoms with Gasteiger partial charge in [0, 0.05) is 23.4 Å². The molecule has 0 aliphatic rings. The first-order valence-electron chi connectivity index (χ1n) is 5.76. The summed E-state index contributed by atoms with van der Waals surface area (Å²) in [5.41, 5.74) is 1.34. The third kappa shape index (κ3) is 2.82. The Morgan fingerprint density at radius 1 is 0.947 bits per heavy atom. The average Bonchev–Trinajstić information content (AvgIpc) is 2.39. The molecule has 0 spiro atoms. The number of hydrogen-bond acceptors (Lipinski definition) is 3. The fourth-order valence-corrected chi connectivity index (χ4v) is 1.88. The highest BCUT2D eigenvalue weighted by Crippen LogP contribution is 2.29. The number of benzene rings is 2. The van der Waals surface area contributed by atoms with Crippen LogP contribution in [0.3, 0.4) is 0 Å². The van der Waals surface area contributed by atoms with Gasteiger partial charge in [-0.3, -0.25) is 10.1 Å². The lowest BCUT2D eigenvalue weighted by Gasteiger charge is -2.11. The molecular weight excluding hydrogens is 244 g/mol. The summed E-state index contributed by atoms with van der Waals surface area (Å²) in [5, 5.41) is 7.09. The highest BCUT2D eigenvalue weighted by molar-refractivity contribution is 6.07. The fourth-order valence-electron chi connectivity index (χ4n) is 1.88. The Labute approximate surface area is 110 Å². The Morgan fingerprint density at radius 2 is 1.47 bits per heavy atom. The lowest BCUT2D eigenvalue weighted by atomic mass is 10.1. The Morgan fingerprint density at radius 3 is 1.95 bits per heavy atom. The van der Waals surface area contributed by atoms with Crippen molar-refractivity contribution in [3.63, 3.8) is 0 Å². The molecule has 2 rings (SSSR count). The Hall–Kier alpha value is -2.56. The zero-order chi connectivity index (χ0) is 13.8. The number of carbonyl (C=O) groups is 2. The van der Waals surface area contributed by atoms with Crippen molar-refractivity contribution in [1.29, 1.82) is 0 Å². The molecule has 2 aromatic rings. The SMILES string of the molecule is COC(=O)Nc1cccc2c(NC(C)=O)cccc12. The van der Waals surface area contributed by atoms with Crippen LogP contribution in [0.2, 0.25) is 0 Å². The molecule has 0 aliphatic heterocycles. The number of hydrogen-bond donors (Lipinski definition) is 2.